The standard InChI is InChI=1S/C18H22FN/c1-3-20-18(15-7-5-4-6-8-15)12-10-16-13-17(19)11-9-14(16)2/h4-9,11,13,18,20H,3,10,12H2,1-2H3. The molecule has 106 valence electrons. The van der Waals surface area contributed by atoms with Crippen molar-refractivity contribution >= 4 is 0 Å². The van der Waals surface area contributed by atoms with Gasteiger partial charge in [0.05, 0.1) is 0 Å². The van der Waals surface area contributed by atoms with Crippen molar-refractivity contribution in [2.45, 2.75) is 32.7 Å². The molecule has 0 aromatic heterocycles. The first-order valence-corrected chi connectivity index (χ1v) is 7.24. The molecule has 0 amide bonds. The summed E-state index contributed by atoms with van der Waals surface area (Å²) in [7, 11) is 0. The quantitative estimate of drug-likeness (QED) is 0.820. The van der Waals surface area contributed by atoms with Crippen molar-refractivity contribution in [3.05, 3.63) is 71.0 Å². The topological polar surface area (TPSA) is 12.0 Å². The lowest BCUT2D eigenvalue weighted by molar-refractivity contribution is 0.514. The molecule has 1 N–H and O–H groups in total. The molecule has 0 bridgehead atoms. The Balaban J connectivity index is 2.07. The summed E-state index contributed by atoms with van der Waals surface area (Å²) in [4.78, 5) is 0. The molecule has 0 aliphatic rings. The van der Waals surface area contributed by atoms with Crippen molar-refractivity contribution in [1.29, 1.82) is 0 Å². The number of hydrogen-bond acceptors (Lipinski definition) is 1. The molecule has 2 heteroatoms. The molecule has 0 aliphatic heterocycles. The van der Waals surface area contributed by atoms with E-state index in [-0.39, 0.29) is 5.82 Å². The fourth-order valence-corrected chi connectivity index (χ4v) is 2.53. The van der Waals surface area contributed by atoms with E-state index in [0.717, 1.165) is 30.5 Å². The van der Waals surface area contributed by atoms with Crippen LogP contribution in [0.1, 0.15) is 36.1 Å². The Morgan fingerprint density at radius 3 is 2.55 bits per heavy atom. The second kappa shape index (κ2) is 7.20. The van der Waals surface area contributed by atoms with Crippen LogP contribution in [0.3, 0.4) is 0 Å². The zero-order valence-electron chi connectivity index (χ0n) is 12.2. The molecular weight excluding hydrogens is 249 g/mol. The first-order valence-electron chi connectivity index (χ1n) is 7.24. The Kier molecular flexibility index (Phi) is 5.31. The molecule has 2 aromatic rings. The SMILES string of the molecule is CCNC(CCc1cc(F)ccc1C)c1ccccc1. The molecule has 20 heavy (non-hydrogen) atoms. The fraction of sp³-hybridized carbons (Fsp3) is 0.333. The van der Waals surface area contributed by atoms with Gasteiger partial charge in [-0.1, -0.05) is 43.3 Å². The molecule has 2 rings (SSSR count). The molecule has 1 unspecified atom stereocenters. The predicted molar refractivity (Wildman–Crippen MR) is 82.3 cm³/mol. The van der Waals surface area contributed by atoms with E-state index in [1.165, 1.54) is 11.6 Å². The van der Waals surface area contributed by atoms with Crippen molar-refractivity contribution in [2.24, 2.45) is 0 Å². The number of halogens is 1. The van der Waals surface area contributed by atoms with Crippen LogP contribution in [-0.4, -0.2) is 6.54 Å². The van der Waals surface area contributed by atoms with Crippen molar-refractivity contribution in [1.82, 2.24) is 5.32 Å². The summed E-state index contributed by atoms with van der Waals surface area (Å²) in [5.41, 5.74) is 3.56. The Hall–Kier alpha value is -1.67. The van der Waals surface area contributed by atoms with Crippen LogP contribution in [-0.2, 0) is 6.42 Å². The number of aryl methyl sites for hydroxylation is 2. The smallest absolute Gasteiger partial charge is 0.123 e. The molecule has 1 nitrogen and oxygen atoms in total. The van der Waals surface area contributed by atoms with E-state index in [0.29, 0.717) is 6.04 Å². The molecule has 0 fully saturated rings. The average Bonchev–Trinajstić information content (AvgIpc) is 2.47. The van der Waals surface area contributed by atoms with E-state index < -0.39 is 0 Å². The van der Waals surface area contributed by atoms with Crippen LogP contribution in [0.15, 0.2) is 48.5 Å². The fourth-order valence-electron chi connectivity index (χ4n) is 2.53. The molecular formula is C18H22FN. The minimum absolute atomic E-state index is 0.148. The van der Waals surface area contributed by atoms with Crippen molar-refractivity contribution in [2.75, 3.05) is 6.54 Å². The van der Waals surface area contributed by atoms with Crippen LogP contribution in [0.2, 0.25) is 0 Å². The van der Waals surface area contributed by atoms with Gasteiger partial charge in [0.1, 0.15) is 5.82 Å². The third kappa shape index (κ3) is 3.91. The molecule has 0 radical (unpaired) electrons. The van der Waals surface area contributed by atoms with Crippen molar-refractivity contribution in [3.8, 4) is 0 Å². The number of hydrogen-bond donors (Lipinski definition) is 1. The van der Waals surface area contributed by atoms with Crippen LogP contribution in [0.5, 0.6) is 0 Å². The van der Waals surface area contributed by atoms with E-state index in [9.17, 15) is 4.39 Å². The summed E-state index contributed by atoms with van der Waals surface area (Å²) in [6.07, 6.45) is 1.86. The molecule has 0 saturated heterocycles. The van der Waals surface area contributed by atoms with Crippen LogP contribution in [0.4, 0.5) is 4.39 Å². The molecule has 0 heterocycles. The minimum atomic E-state index is -0.148. The third-order valence-corrected chi connectivity index (χ3v) is 3.67. The highest BCUT2D eigenvalue weighted by Gasteiger charge is 2.11. The molecule has 0 saturated carbocycles. The van der Waals surface area contributed by atoms with Gasteiger partial charge in [-0.3, -0.25) is 0 Å². The minimum Gasteiger partial charge on any atom is -0.310 e. The van der Waals surface area contributed by atoms with Crippen LogP contribution in [0.25, 0.3) is 0 Å². The van der Waals surface area contributed by atoms with Crippen molar-refractivity contribution < 1.29 is 4.39 Å². The van der Waals surface area contributed by atoms with Crippen LogP contribution < -0.4 is 5.32 Å². The number of rotatable bonds is 6. The maximum Gasteiger partial charge on any atom is 0.123 e. The maximum atomic E-state index is 13.3. The van der Waals surface area contributed by atoms with Gasteiger partial charge in [0.2, 0.25) is 0 Å². The van der Waals surface area contributed by atoms with Crippen LogP contribution in [0, 0.1) is 12.7 Å². The van der Waals surface area contributed by atoms with Gasteiger partial charge in [0.25, 0.3) is 0 Å². The van der Waals surface area contributed by atoms with E-state index >= 15 is 0 Å². The Morgan fingerprint density at radius 1 is 1.10 bits per heavy atom. The molecule has 1 atom stereocenters. The zero-order valence-corrected chi connectivity index (χ0v) is 12.2. The zero-order chi connectivity index (χ0) is 14.4. The summed E-state index contributed by atoms with van der Waals surface area (Å²) in [5.74, 6) is -0.148. The molecule has 0 spiro atoms. The summed E-state index contributed by atoms with van der Waals surface area (Å²) in [6.45, 7) is 5.09. The molecule has 0 aliphatic carbocycles. The average molecular weight is 271 g/mol. The lowest BCUT2D eigenvalue weighted by Gasteiger charge is -2.19. The van der Waals surface area contributed by atoms with Gasteiger partial charge in [-0.15, -0.1) is 0 Å². The Morgan fingerprint density at radius 2 is 1.85 bits per heavy atom. The van der Waals surface area contributed by atoms with E-state index in [1.807, 2.05) is 19.1 Å². The largest absolute Gasteiger partial charge is 0.310 e. The highest BCUT2D eigenvalue weighted by atomic mass is 19.1. The lowest BCUT2D eigenvalue weighted by atomic mass is 9.97. The summed E-state index contributed by atoms with van der Waals surface area (Å²) in [5, 5.41) is 3.51. The summed E-state index contributed by atoms with van der Waals surface area (Å²) >= 11 is 0. The first-order chi connectivity index (χ1) is 9.70. The lowest BCUT2D eigenvalue weighted by Crippen LogP contribution is -2.21. The molecule has 2 aromatic carbocycles. The monoisotopic (exact) mass is 271 g/mol. The van der Waals surface area contributed by atoms with E-state index in [4.69, 9.17) is 0 Å². The maximum absolute atomic E-state index is 13.3. The highest BCUT2D eigenvalue weighted by Crippen LogP contribution is 2.21. The normalized spacial score (nSPS) is 12.3. The van der Waals surface area contributed by atoms with E-state index in [2.05, 4.69) is 36.5 Å². The van der Waals surface area contributed by atoms with Crippen LogP contribution >= 0.6 is 0 Å². The third-order valence-electron chi connectivity index (χ3n) is 3.67. The van der Waals surface area contributed by atoms with E-state index in [1.54, 1.807) is 6.07 Å². The van der Waals surface area contributed by atoms with Gasteiger partial charge in [-0.25, -0.2) is 4.39 Å². The Labute approximate surface area is 120 Å². The predicted octanol–water partition coefficient (Wildman–Crippen LogP) is 4.42. The van der Waals surface area contributed by atoms with Gasteiger partial charge in [0, 0.05) is 6.04 Å². The second-order valence-electron chi connectivity index (χ2n) is 5.13. The van der Waals surface area contributed by atoms with Gasteiger partial charge < -0.3 is 5.32 Å². The second-order valence-corrected chi connectivity index (χ2v) is 5.13. The highest BCUT2D eigenvalue weighted by molar-refractivity contribution is 5.27. The number of benzene rings is 2. The van der Waals surface area contributed by atoms with Gasteiger partial charge >= 0.3 is 0 Å². The summed E-state index contributed by atoms with van der Waals surface area (Å²) in [6, 6.07) is 15.8. The summed E-state index contributed by atoms with van der Waals surface area (Å²) < 4.78 is 13.3. The number of nitrogens with one attached hydrogen (secondary N) is 1. The van der Waals surface area contributed by atoms with Gasteiger partial charge in [-0.05, 0) is 55.1 Å². The first kappa shape index (κ1) is 14.7. The van der Waals surface area contributed by atoms with Gasteiger partial charge in [0.15, 0.2) is 0 Å². The Bertz CT molecular complexity index is 536. The van der Waals surface area contributed by atoms with Crippen molar-refractivity contribution in [3.63, 3.8) is 0 Å². The van der Waals surface area contributed by atoms with Gasteiger partial charge in [-0.2, -0.15) is 0 Å².